The molecule has 0 saturated heterocycles. The number of ether oxygens (including phenoxy) is 1. The highest BCUT2D eigenvalue weighted by molar-refractivity contribution is 6.06. The van der Waals surface area contributed by atoms with Crippen molar-refractivity contribution >= 4 is 51.3 Å². The first-order chi connectivity index (χ1) is 19.4. The first-order valence-corrected chi connectivity index (χ1v) is 13.0. The fourth-order valence-corrected chi connectivity index (χ4v) is 4.92. The summed E-state index contributed by atoms with van der Waals surface area (Å²) < 4.78 is 5.29. The normalized spacial score (nSPS) is 14.0. The van der Waals surface area contributed by atoms with Gasteiger partial charge in [0, 0.05) is 49.8 Å². The zero-order chi connectivity index (χ0) is 27.8. The molecule has 40 heavy (non-hydrogen) atoms. The second-order valence-electron chi connectivity index (χ2n) is 10.0. The maximum Gasteiger partial charge on any atom is 0.255 e. The van der Waals surface area contributed by atoms with E-state index in [1.165, 1.54) is 0 Å². The van der Waals surface area contributed by atoms with Crippen molar-refractivity contribution < 1.29 is 9.53 Å². The Kier molecular flexibility index (Phi) is 6.39. The zero-order valence-corrected chi connectivity index (χ0v) is 22.8. The average Bonchev–Trinajstić information content (AvgIpc) is 3.52. The molecule has 202 valence electrons. The fraction of sp³-hybridized carbons (Fsp3) is 0.161. The molecule has 2 heterocycles. The van der Waals surface area contributed by atoms with Gasteiger partial charge in [0.2, 0.25) is 5.95 Å². The van der Waals surface area contributed by atoms with E-state index >= 15 is 0 Å². The maximum absolute atomic E-state index is 13.2. The van der Waals surface area contributed by atoms with E-state index in [1.807, 2.05) is 81.8 Å². The van der Waals surface area contributed by atoms with Gasteiger partial charge in [0.15, 0.2) is 0 Å². The number of anilines is 6. The molecule has 0 aliphatic carbocycles. The van der Waals surface area contributed by atoms with Crippen LogP contribution in [0.15, 0.2) is 84.9 Å². The van der Waals surface area contributed by atoms with Gasteiger partial charge in [-0.05, 0) is 66.2 Å². The van der Waals surface area contributed by atoms with Crippen LogP contribution in [0.3, 0.4) is 0 Å². The third-order valence-electron chi connectivity index (χ3n) is 7.12. The van der Waals surface area contributed by atoms with Gasteiger partial charge >= 0.3 is 0 Å². The molecule has 1 aromatic heterocycles. The number of benzene rings is 4. The molecule has 1 amide bonds. The van der Waals surface area contributed by atoms with Gasteiger partial charge in [-0.15, -0.1) is 0 Å². The number of fused-ring (bicyclic) bond motifs is 2. The molecule has 6 rings (SSSR count). The van der Waals surface area contributed by atoms with Crippen LogP contribution in [0.5, 0.6) is 5.75 Å². The predicted molar refractivity (Wildman–Crippen MR) is 162 cm³/mol. The third-order valence-corrected chi connectivity index (χ3v) is 7.12. The number of hydrogen-bond acceptors (Lipinski definition) is 7. The molecule has 0 spiro atoms. The van der Waals surface area contributed by atoms with E-state index in [4.69, 9.17) is 4.74 Å². The molecule has 0 bridgehead atoms. The monoisotopic (exact) mass is 533 g/mol. The zero-order valence-electron chi connectivity index (χ0n) is 22.8. The topological polar surface area (TPSA) is 97.5 Å². The van der Waals surface area contributed by atoms with Gasteiger partial charge in [0.25, 0.3) is 5.91 Å². The summed E-state index contributed by atoms with van der Waals surface area (Å²) in [5.74, 6) is 1.18. The molecule has 1 aliphatic rings. The Bertz CT molecular complexity index is 1690. The van der Waals surface area contributed by atoms with Crippen LogP contribution in [0, 0.1) is 0 Å². The molecule has 9 nitrogen and oxygen atoms in total. The molecule has 1 atom stereocenters. The van der Waals surface area contributed by atoms with E-state index in [9.17, 15) is 4.79 Å². The molecule has 0 radical (unpaired) electrons. The number of rotatable bonds is 7. The summed E-state index contributed by atoms with van der Waals surface area (Å²) >= 11 is 0. The van der Waals surface area contributed by atoms with Crippen LogP contribution in [0.25, 0.3) is 11.0 Å². The minimum Gasteiger partial charge on any atom is -0.497 e. The number of H-pyrrole nitrogens is 1. The average molecular weight is 534 g/mol. The number of methoxy groups -OCH3 is 1. The summed E-state index contributed by atoms with van der Waals surface area (Å²) in [6.45, 7) is 0. The second-order valence-corrected chi connectivity index (χ2v) is 10.0. The number of hydrogen-bond donors (Lipinski definition) is 4. The lowest BCUT2D eigenvalue weighted by atomic mass is 10.1. The van der Waals surface area contributed by atoms with Gasteiger partial charge in [-0.3, -0.25) is 4.79 Å². The van der Waals surface area contributed by atoms with E-state index in [0.29, 0.717) is 17.2 Å². The number of aromatic nitrogens is 2. The summed E-state index contributed by atoms with van der Waals surface area (Å²) in [6.07, 6.45) is -0.00733. The molecule has 0 fully saturated rings. The van der Waals surface area contributed by atoms with Crippen molar-refractivity contribution in [3.63, 3.8) is 0 Å². The second kappa shape index (κ2) is 10.2. The number of carbonyl (C=O) groups excluding carboxylic acids is 1. The fourth-order valence-electron chi connectivity index (χ4n) is 4.92. The summed E-state index contributed by atoms with van der Waals surface area (Å²) in [6, 6.07) is 27.5. The largest absolute Gasteiger partial charge is 0.497 e. The molecule has 5 aromatic rings. The summed E-state index contributed by atoms with van der Waals surface area (Å²) in [7, 11) is 7.73. The molecular formula is C31H31N7O2. The van der Waals surface area contributed by atoms with Gasteiger partial charge in [-0.1, -0.05) is 18.2 Å². The van der Waals surface area contributed by atoms with Crippen molar-refractivity contribution in [3.05, 3.63) is 96.1 Å². The summed E-state index contributed by atoms with van der Waals surface area (Å²) in [4.78, 5) is 25.3. The van der Waals surface area contributed by atoms with Crippen LogP contribution in [-0.2, 0) is 0 Å². The standard InChI is InChI=1S/C31H31N7O2/c1-37(2)23-12-8-19(9-13-23)29-34-26-14-10-20(16-28(26)38(29)3)30(39)32-22-11-15-25-27(18-22)36-31(35-25)33-21-6-5-7-24(17-21)40-4/h5-18,29,34H,1-4H3,(H,32,39)(H2,33,35,36). The van der Waals surface area contributed by atoms with Crippen LogP contribution in [-0.4, -0.2) is 44.1 Å². The Morgan fingerprint density at radius 2 is 1.80 bits per heavy atom. The highest BCUT2D eigenvalue weighted by Gasteiger charge is 2.28. The lowest BCUT2D eigenvalue weighted by Gasteiger charge is -2.23. The van der Waals surface area contributed by atoms with Crippen molar-refractivity contribution in [3.8, 4) is 5.75 Å². The first kappa shape index (κ1) is 25.1. The van der Waals surface area contributed by atoms with Crippen molar-refractivity contribution in [2.24, 2.45) is 0 Å². The van der Waals surface area contributed by atoms with Crippen LogP contribution < -0.4 is 30.5 Å². The number of imidazole rings is 1. The minimum absolute atomic E-state index is 0.00733. The van der Waals surface area contributed by atoms with Crippen molar-refractivity contribution in [2.45, 2.75) is 6.17 Å². The van der Waals surface area contributed by atoms with Crippen molar-refractivity contribution in [1.82, 2.24) is 9.97 Å². The molecule has 4 N–H and O–H groups in total. The van der Waals surface area contributed by atoms with Gasteiger partial charge < -0.3 is 35.5 Å². The highest BCUT2D eigenvalue weighted by atomic mass is 16.5. The number of aromatic amines is 1. The predicted octanol–water partition coefficient (Wildman–Crippen LogP) is 6.19. The highest BCUT2D eigenvalue weighted by Crippen LogP contribution is 2.41. The molecule has 1 unspecified atom stereocenters. The van der Waals surface area contributed by atoms with Crippen LogP contribution in [0.1, 0.15) is 22.1 Å². The third kappa shape index (κ3) is 4.84. The van der Waals surface area contributed by atoms with Gasteiger partial charge in [0.1, 0.15) is 11.9 Å². The van der Waals surface area contributed by atoms with Crippen LogP contribution >= 0.6 is 0 Å². The smallest absolute Gasteiger partial charge is 0.255 e. The molecule has 9 heteroatoms. The van der Waals surface area contributed by atoms with Crippen LogP contribution in [0.2, 0.25) is 0 Å². The molecule has 4 aromatic carbocycles. The maximum atomic E-state index is 13.2. The lowest BCUT2D eigenvalue weighted by molar-refractivity contribution is 0.102. The van der Waals surface area contributed by atoms with Gasteiger partial charge in [-0.25, -0.2) is 4.98 Å². The summed E-state index contributed by atoms with van der Waals surface area (Å²) in [5, 5.41) is 9.85. The van der Waals surface area contributed by atoms with E-state index in [-0.39, 0.29) is 12.1 Å². The Morgan fingerprint density at radius 3 is 2.58 bits per heavy atom. The van der Waals surface area contributed by atoms with Crippen LogP contribution in [0.4, 0.5) is 34.4 Å². The van der Waals surface area contributed by atoms with Crippen molar-refractivity contribution in [1.29, 1.82) is 0 Å². The number of nitrogens with zero attached hydrogens (tertiary/aromatic N) is 3. The molecular weight excluding hydrogens is 502 g/mol. The Hall–Kier alpha value is -5.18. The van der Waals surface area contributed by atoms with Crippen molar-refractivity contribution in [2.75, 3.05) is 54.0 Å². The van der Waals surface area contributed by atoms with E-state index in [1.54, 1.807) is 7.11 Å². The molecule has 1 aliphatic heterocycles. The number of amides is 1. The molecule has 0 saturated carbocycles. The van der Waals surface area contributed by atoms with E-state index in [2.05, 4.69) is 60.0 Å². The van der Waals surface area contributed by atoms with E-state index in [0.717, 1.165) is 45.1 Å². The Labute approximate surface area is 232 Å². The Balaban J connectivity index is 1.16. The quantitative estimate of drug-likeness (QED) is 0.198. The number of nitrogens with one attached hydrogen (secondary N) is 4. The Morgan fingerprint density at radius 1 is 0.975 bits per heavy atom. The van der Waals surface area contributed by atoms with E-state index < -0.39 is 0 Å². The van der Waals surface area contributed by atoms with Gasteiger partial charge in [0.05, 0.1) is 29.5 Å². The van der Waals surface area contributed by atoms with Gasteiger partial charge in [-0.2, -0.15) is 0 Å². The summed E-state index contributed by atoms with van der Waals surface area (Å²) in [5.41, 5.74) is 8.00. The SMILES string of the molecule is COc1cccc(Nc2nc3ccc(NC(=O)c4ccc5c(c4)N(C)C(c4ccc(N(C)C)cc4)N5)cc3[nH]2)c1. The minimum atomic E-state index is -0.177. The first-order valence-electron chi connectivity index (χ1n) is 13.0. The number of carbonyl (C=O) groups is 1. The lowest BCUT2D eigenvalue weighted by Crippen LogP contribution is -2.23.